The Morgan fingerprint density at radius 2 is 1.30 bits per heavy atom. The van der Waals surface area contributed by atoms with Gasteiger partial charge in [0.05, 0.1) is 23.6 Å². The first-order chi connectivity index (χ1) is 18.0. The van der Waals surface area contributed by atoms with Gasteiger partial charge in [-0.1, -0.05) is 48.5 Å². The van der Waals surface area contributed by atoms with E-state index in [0.717, 1.165) is 48.1 Å². The van der Waals surface area contributed by atoms with Gasteiger partial charge in [0.25, 0.3) is 0 Å². The number of hydrogen-bond donors (Lipinski definition) is 0. The molecular weight excluding hydrogens is 476 g/mol. The molecule has 4 aromatic rings. The standard InChI is InChI=1S/C33H33O3S/c1-24-21-30(37(28-15-6-4-7-16-28)29-17-8-5-9-18-29)22-25(2)31(24)32(34)36-33(19-10-11-20-33)26-13-12-14-27(23-26)35-3/h4-9,12-18,21-23H,10-11,19-20H2,1-3H3/q+1. The third-order valence-corrected chi connectivity index (χ3v) is 9.39. The molecule has 188 valence electrons. The number of hydrogen-bond acceptors (Lipinski definition) is 3. The van der Waals surface area contributed by atoms with Crippen molar-refractivity contribution in [3.8, 4) is 5.75 Å². The summed E-state index contributed by atoms with van der Waals surface area (Å²) in [4.78, 5) is 17.5. The van der Waals surface area contributed by atoms with E-state index in [-0.39, 0.29) is 16.9 Å². The van der Waals surface area contributed by atoms with Crippen molar-refractivity contribution in [2.75, 3.05) is 7.11 Å². The Morgan fingerprint density at radius 3 is 1.84 bits per heavy atom. The molecule has 0 radical (unpaired) electrons. The first-order valence-corrected chi connectivity index (χ1v) is 14.1. The molecule has 0 spiro atoms. The highest BCUT2D eigenvalue weighted by molar-refractivity contribution is 7.97. The Labute approximate surface area is 222 Å². The summed E-state index contributed by atoms with van der Waals surface area (Å²) >= 11 is 0. The van der Waals surface area contributed by atoms with Gasteiger partial charge >= 0.3 is 5.97 Å². The van der Waals surface area contributed by atoms with Crippen molar-refractivity contribution in [3.05, 3.63) is 119 Å². The number of benzene rings is 4. The molecular formula is C33H33O3S+. The molecule has 1 fully saturated rings. The molecule has 1 saturated carbocycles. The second-order valence-corrected chi connectivity index (χ2v) is 11.7. The van der Waals surface area contributed by atoms with Crippen molar-refractivity contribution in [3.63, 3.8) is 0 Å². The van der Waals surface area contributed by atoms with Gasteiger partial charge in [0.2, 0.25) is 0 Å². The number of carbonyl (C=O) groups excluding carboxylic acids is 1. The van der Waals surface area contributed by atoms with E-state index in [0.29, 0.717) is 5.56 Å². The van der Waals surface area contributed by atoms with Crippen LogP contribution in [0.4, 0.5) is 0 Å². The molecule has 0 bridgehead atoms. The molecule has 4 aromatic carbocycles. The lowest BCUT2D eigenvalue weighted by molar-refractivity contribution is -0.0186. The number of aryl methyl sites for hydroxylation is 2. The minimum atomic E-state index is -0.610. The first-order valence-electron chi connectivity index (χ1n) is 12.8. The SMILES string of the molecule is COc1cccc(C2(OC(=O)c3c(C)cc([S+](c4ccccc4)c4ccccc4)cc3C)CCCC2)c1. The summed E-state index contributed by atoms with van der Waals surface area (Å²) in [5.74, 6) is 0.538. The van der Waals surface area contributed by atoms with E-state index >= 15 is 0 Å². The second-order valence-electron chi connectivity index (χ2n) is 9.69. The van der Waals surface area contributed by atoms with Crippen LogP contribution in [0.3, 0.4) is 0 Å². The molecule has 1 aliphatic rings. The van der Waals surface area contributed by atoms with E-state index in [2.05, 4.69) is 66.7 Å². The van der Waals surface area contributed by atoms with Crippen LogP contribution in [0.1, 0.15) is 52.7 Å². The van der Waals surface area contributed by atoms with E-state index in [9.17, 15) is 4.79 Å². The summed E-state index contributed by atoms with van der Waals surface area (Å²) in [5.41, 5.74) is 2.97. The zero-order valence-electron chi connectivity index (χ0n) is 21.7. The number of rotatable bonds is 7. The Hall–Kier alpha value is -3.50. The summed E-state index contributed by atoms with van der Waals surface area (Å²) in [6.07, 6.45) is 3.73. The highest BCUT2D eigenvalue weighted by Gasteiger charge is 2.41. The number of esters is 1. The Kier molecular flexibility index (Phi) is 7.38. The first kappa shape index (κ1) is 25.2. The van der Waals surface area contributed by atoms with Gasteiger partial charge in [-0.25, -0.2) is 4.79 Å². The average Bonchev–Trinajstić information content (AvgIpc) is 3.39. The fourth-order valence-electron chi connectivity index (χ4n) is 5.42. The molecule has 0 unspecified atom stereocenters. The lowest BCUT2D eigenvalue weighted by atomic mass is 9.91. The molecule has 0 amide bonds. The predicted molar refractivity (Wildman–Crippen MR) is 150 cm³/mol. The maximum atomic E-state index is 13.7. The quantitative estimate of drug-likeness (QED) is 0.187. The topological polar surface area (TPSA) is 35.5 Å². The van der Waals surface area contributed by atoms with E-state index in [1.165, 1.54) is 14.7 Å². The van der Waals surface area contributed by atoms with Crippen LogP contribution in [0.25, 0.3) is 0 Å². The highest BCUT2D eigenvalue weighted by Crippen LogP contribution is 2.44. The lowest BCUT2D eigenvalue weighted by Gasteiger charge is -2.30. The van der Waals surface area contributed by atoms with E-state index in [1.807, 2.05) is 44.2 Å². The fourth-order valence-corrected chi connectivity index (χ4v) is 7.68. The molecule has 37 heavy (non-hydrogen) atoms. The number of ether oxygens (including phenoxy) is 2. The summed E-state index contributed by atoms with van der Waals surface area (Å²) in [6, 6.07) is 33.5. The minimum absolute atomic E-state index is 0.245. The Balaban J connectivity index is 1.51. The fraction of sp³-hybridized carbons (Fsp3) is 0.242. The second kappa shape index (κ2) is 10.9. The molecule has 0 saturated heterocycles. The predicted octanol–water partition coefficient (Wildman–Crippen LogP) is 8.03. The van der Waals surface area contributed by atoms with Crippen LogP contribution in [-0.4, -0.2) is 13.1 Å². The van der Waals surface area contributed by atoms with Crippen molar-refractivity contribution in [1.82, 2.24) is 0 Å². The molecule has 0 aromatic heterocycles. The number of methoxy groups -OCH3 is 1. The van der Waals surface area contributed by atoms with Crippen LogP contribution in [0, 0.1) is 13.8 Å². The minimum Gasteiger partial charge on any atom is -0.497 e. The van der Waals surface area contributed by atoms with Gasteiger partial charge in [-0.2, -0.15) is 0 Å². The van der Waals surface area contributed by atoms with Crippen molar-refractivity contribution in [2.24, 2.45) is 0 Å². The average molecular weight is 510 g/mol. The molecule has 0 aliphatic heterocycles. The lowest BCUT2D eigenvalue weighted by Crippen LogP contribution is -2.30. The molecule has 3 nitrogen and oxygen atoms in total. The Bertz CT molecular complexity index is 1310. The molecule has 0 heterocycles. The van der Waals surface area contributed by atoms with Crippen molar-refractivity contribution >= 4 is 16.9 Å². The molecule has 0 atom stereocenters. The zero-order chi connectivity index (χ0) is 25.8. The zero-order valence-corrected chi connectivity index (χ0v) is 22.5. The van der Waals surface area contributed by atoms with Gasteiger partial charge in [-0.05, 0) is 105 Å². The monoisotopic (exact) mass is 509 g/mol. The maximum Gasteiger partial charge on any atom is 0.339 e. The van der Waals surface area contributed by atoms with Crippen molar-refractivity contribution < 1.29 is 14.3 Å². The van der Waals surface area contributed by atoms with Crippen LogP contribution in [0.15, 0.2) is 112 Å². The summed E-state index contributed by atoms with van der Waals surface area (Å²) in [6.45, 7) is 4.05. The van der Waals surface area contributed by atoms with Crippen LogP contribution in [0.2, 0.25) is 0 Å². The third kappa shape index (κ3) is 5.17. The van der Waals surface area contributed by atoms with Crippen LogP contribution >= 0.6 is 0 Å². The normalized spacial score (nSPS) is 14.5. The van der Waals surface area contributed by atoms with Crippen molar-refractivity contribution in [1.29, 1.82) is 0 Å². The third-order valence-electron chi connectivity index (χ3n) is 7.20. The van der Waals surface area contributed by atoms with Crippen LogP contribution in [-0.2, 0) is 21.2 Å². The summed E-state index contributed by atoms with van der Waals surface area (Å²) in [5, 5.41) is 0. The van der Waals surface area contributed by atoms with Crippen LogP contribution < -0.4 is 4.74 Å². The van der Waals surface area contributed by atoms with E-state index in [1.54, 1.807) is 7.11 Å². The number of carbonyl (C=O) groups is 1. The summed E-state index contributed by atoms with van der Waals surface area (Å²) in [7, 11) is 1.40. The Morgan fingerprint density at radius 1 is 0.730 bits per heavy atom. The van der Waals surface area contributed by atoms with Gasteiger partial charge in [-0.15, -0.1) is 0 Å². The van der Waals surface area contributed by atoms with Gasteiger partial charge in [0.1, 0.15) is 11.4 Å². The van der Waals surface area contributed by atoms with Gasteiger partial charge in [0.15, 0.2) is 14.7 Å². The largest absolute Gasteiger partial charge is 0.497 e. The van der Waals surface area contributed by atoms with Gasteiger partial charge < -0.3 is 9.47 Å². The van der Waals surface area contributed by atoms with Gasteiger partial charge in [0, 0.05) is 0 Å². The molecule has 0 N–H and O–H groups in total. The maximum absolute atomic E-state index is 13.7. The smallest absolute Gasteiger partial charge is 0.339 e. The van der Waals surface area contributed by atoms with E-state index in [4.69, 9.17) is 9.47 Å². The summed E-state index contributed by atoms with van der Waals surface area (Å²) < 4.78 is 11.9. The van der Waals surface area contributed by atoms with Crippen molar-refractivity contribution in [2.45, 2.75) is 59.8 Å². The molecule has 5 rings (SSSR count). The highest BCUT2D eigenvalue weighted by atomic mass is 32.2. The van der Waals surface area contributed by atoms with Crippen LogP contribution in [0.5, 0.6) is 5.75 Å². The molecule has 4 heteroatoms. The van der Waals surface area contributed by atoms with E-state index < -0.39 is 5.60 Å². The molecule has 1 aliphatic carbocycles. The van der Waals surface area contributed by atoms with Gasteiger partial charge in [-0.3, -0.25) is 0 Å².